The van der Waals surface area contributed by atoms with Gasteiger partial charge in [0, 0.05) is 32.0 Å². The first-order chi connectivity index (χ1) is 9.04. The molecule has 0 spiro atoms. The summed E-state index contributed by atoms with van der Waals surface area (Å²) >= 11 is 0. The molecule has 6 heteroatoms. The fraction of sp³-hybridized carbons (Fsp3) is 0.615. The van der Waals surface area contributed by atoms with Crippen LogP contribution in [0.2, 0.25) is 0 Å². The lowest BCUT2D eigenvalue weighted by atomic mass is 10.2. The van der Waals surface area contributed by atoms with Gasteiger partial charge in [-0.3, -0.25) is 4.98 Å². The second-order valence-electron chi connectivity index (χ2n) is 5.08. The molecule has 1 heterocycles. The highest BCUT2D eigenvalue weighted by Crippen LogP contribution is 2.35. The van der Waals surface area contributed by atoms with Crippen LogP contribution < -0.4 is 5.73 Å². The van der Waals surface area contributed by atoms with Gasteiger partial charge >= 0.3 is 0 Å². The molecule has 0 amide bonds. The highest BCUT2D eigenvalue weighted by molar-refractivity contribution is 7.89. The zero-order valence-electron chi connectivity index (χ0n) is 11.2. The Hall–Kier alpha value is -0.980. The van der Waals surface area contributed by atoms with Gasteiger partial charge in [0.1, 0.15) is 0 Å². The van der Waals surface area contributed by atoms with E-state index in [4.69, 9.17) is 5.73 Å². The summed E-state index contributed by atoms with van der Waals surface area (Å²) in [5.74, 6) is 0.571. The van der Waals surface area contributed by atoms with Crippen LogP contribution in [-0.2, 0) is 16.4 Å². The van der Waals surface area contributed by atoms with Crippen LogP contribution in [0.5, 0.6) is 0 Å². The fourth-order valence-corrected chi connectivity index (χ4v) is 3.72. The van der Waals surface area contributed by atoms with Crippen molar-refractivity contribution in [1.29, 1.82) is 0 Å². The molecule has 106 valence electrons. The summed E-state index contributed by atoms with van der Waals surface area (Å²) in [5, 5.41) is 0. The van der Waals surface area contributed by atoms with Crippen LogP contribution >= 0.6 is 0 Å². The first kappa shape index (κ1) is 14.4. The monoisotopic (exact) mass is 283 g/mol. The molecule has 1 aliphatic carbocycles. The van der Waals surface area contributed by atoms with Crippen molar-refractivity contribution in [3.05, 3.63) is 30.1 Å². The molecule has 5 nitrogen and oxygen atoms in total. The maximum Gasteiger partial charge on any atom is 0.214 e. The molecule has 0 radical (unpaired) electrons. The van der Waals surface area contributed by atoms with E-state index in [0.29, 0.717) is 18.9 Å². The minimum atomic E-state index is -3.24. The van der Waals surface area contributed by atoms with Gasteiger partial charge in [0.25, 0.3) is 0 Å². The van der Waals surface area contributed by atoms with Crippen LogP contribution in [0.15, 0.2) is 24.5 Å². The fourth-order valence-electron chi connectivity index (χ4n) is 2.27. The minimum Gasteiger partial charge on any atom is -0.329 e. The smallest absolute Gasteiger partial charge is 0.214 e. The van der Waals surface area contributed by atoms with E-state index >= 15 is 0 Å². The van der Waals surface area contributed by atoms with Gasteiger partial charge in [-0.15, -0.1) is 0 Å². The Labute approximate surface area is 114 Å². The third kappa shape index (κ3) is 3.75. The summed E-state index contributed by atoms with van der Waals surface area (Å²) in [4.78, 5) is 3.92. The van der Waals surface area contributed by atoms with Crippen LogP contribution in [0.3, 0.4) is 0 Å². The first-order valence-corrected chi connectivity index (χ1v) is 8.20. The van der Waals surface area contributed by atoms with Crippen molar-refractivity contribution < 1.29 is 8.42 Å². The predicted octanol–water partition coefficient (Wildman–Crippen LogP) is 0.623. The maximum absolute atomic E-state index is 12.3. The second kappa shape index (κ2) is 5.98. The molecule has 1 fully saturated rings. The number of nitrogens with two attached hydrogens (primary N) is 1. The van der Waals surface area contributed by atoms with Crippen LogP contribution in [0.25, 0.3) is 0 Å². The molecular formula is C13H21N3O2S. The summed E-state index contributed by atoms with van der Waals surface area (Å²) in [5.41, 5.74) is 6.69. The summed E-state index contributed by atoms with van der Waals surface area (Å²) in [6.07, 6.45) is 6.05. The first-order valence-electron chi connectivity index (χ1n) is 6.59. The van der Waals surface area contributed by atoms with Crippen molar-refractivity contribution in [3.8, 4) is 0 Å². The van der Waals surface area contributed by atoms with E-state index in [9.17, 15) is 8.42 Å². The number of aromatic nitrogens is 1. The Morgan fingerprint density at radius 1 is 1.42 bits per heavy atom. The lowest BCUT2D eigenvalue weighted by molar-refractivity contribution is 0.340. The highest BCUT2D eigenvalue weighted by atomic mass is 32.2. The van der Waals surface area contributed by atoms with E-state index in [1.165, 1.54) is 4.31 Å². The lowest BCUT2D eigenvalue weighted by Gasteiger charge is -2.26. The van der Waals surface area contributed by atoms with Crippen molar-refractivity contribution in [3.63, 3.8) is 0 Å². The highest BCUT2D eigenvalue weighted by Gasteiger charge is 2.37. The summed E-state index contributed by atoms with van der Waals surface area (Å²) in [7, 11) is -1.59. The Bertz CT molecular complexity index is 500. The molecule has 1 atom stereocenters. The normalized spacial score (nSPS) is 17.6. The number of hydrogen-bond acceptors (Lipinski definition) is 4. The molecule has 0 aliphatic heterocycles. The van der Waals surface area contributed by atoms with Crippen molar-refractivity contribution >= 4 is 10.0 Å². The summed E-state index contributed by atoms with van der Waals surface area (Å²) in [6, 6.07) is 3.65. The molecule has 1 aromatic rings. The number of hydrogen-bond donors (Lipinski definition) is 1. The zero-order chi connectivity index (χ0) is 13.9. The number of nitrogens with zero attached hydrogens (tertiary/aromatic N) is 2. The van der Waals surface area contributed by atoms with Gasteiger partial charge in [-0.25, -0.2) is 12.7 Å². The van der Waals surface area contributed by atoms with E-state index in [-0.39, 0.29) is 11.8 Å². The van der Waals surface area contributed by atoms with Crippen LogP contribution in [0.4, 0.5) is 0 Å². The van der Waals surface area contributed by atoms with E-state index < -0.39 is 10.0 Å². The Morgan fingerprint density at radius 3 is 2.58 bits per heavy atom. The van der Waals surface area contributed by atoms with Crippen LogP contribution in [-0.4, -0.2) is 43.1 Å². The maximum atomic E-state index is 12.3. The van der Waals surface area contributed by atoms with Crippen LogP contribution in [0.1, 0.15) is 18.4 Å². The molecule has 0 aromatic carbocycles. The van der Waals surface area contributed by atoms with E-state index in [2.05, 4.69) is 4.98 Å². The number of pyridine rings is 1. The molecule has 1 aromatic heterocycles. The number of aryl methyl sites for hydroxylation is 1. The SMILES string of the molecule is CN(C(CN)C1CC1)S(=O)(=O)CCc1ccncc1. The number of likely N-dealkylation sites (N-methyl/N-ethyl adjacent to an activating group) is 1. The largest absolute Gasteiger partial charge is 0.329 e. The quantitative estimate of drug-likeness (QED) is 0.796. The summed E-state index contributed by atoms with van der Waals surface area (Å²) < 4.78 is 26.1. The molecule has 1 saturated carbocycles. The predicted molar refractivity (Wildman–Crippen MR) is 75.1 cm³/mol. The lowest BCUT2D eigenvalue weighted by Crippen LogP contribution is -2.44. The van der Waals surface area contributed by atoms with Crippen LogP contribution in [0, 0.1) is 5.92 Å². The van der Waals surface area contributed by atoms with E-state index in [0.717, 1.165) is 18.4 Å². The van der Waals surface area contributed by atoms with Gasteiger partial charge in [-0.2, -0.15) is 0 Å². The molecule has 0 bridgehead atoms. The Morgan fingerprint density at radius 2 is 2.05 bits per heavy atom. The van der Waals surface area contributed by atoms with Crippen molar-refractivity contribution in [2.45, 2.75) is 25.3 Å². The third-order valence-electron chi connectivity index (χ3n) is 3.71. The van der Waals surface area contributed by atoms with Gasteiger partial charge in [0.05, 0.1) is 5.75 Å². The van der Waals surface area contributed by atoms with Gasteiger partial charge < -0.3 is 5.73 Å². The second-order valence-corrected chi connectivity index (χ2v) is 7.23. The minimum absolute atomic E-state index is 0.0394. The molecule has 1 unspecified atom stereocenters. The van der Waals surface area contributed by atoms with Crippen molar-refractivity contribution in [1.82, 2.24) is 9.29 Å². The Balaban J connectivity index is 1.97. The standard InChI is InChI=1S/C13H21N3O2S/c1-16(13(10-14)12-2-3-12)19(17,18)9-6-11-4-7-15-8-5-11/h4-5,7-8,12-13H,2-3,6,9-10,14H2,1H3. The van der Waals surface area contributed by atoms with E-state index in [1.807, 2.05) is 12.1 Å². The molecule has 2 N–H and O–H groups in total. The molecule has 0 saturated heterocycles. The van der Waals surface area contributed by atoms with Gasteiger partial charge in [-0.05, 0) is 42.9 Å². The summed E-state index contributed by atoms with van der Waals surface area (Å²) in [6.45, 7) is 0.398. The van der Waals surface area contributed by atoms with Gasteiger partial charge in [0.2, 0.25) is 10.0 Å². The average Bonchev–Trinajstić information content (AvgIpc) is 3.23. The van der Waals surface area contributed by atoms with Gasteiger partial charge in [0.15, 0.2) is 0 Å². The Kier molecular flexibility index (Phi) is 4.54. The molecule has 1 aliphatic rings. The number of sulfonamides is 1. The average molecular weight is 283 g/mol. The van der Waals surface area contributed by atoms with Gasteiger partial charge in [-0.1, -0.05) is 0 Å². The van der Waals surface area contributed by atoms with Crippen molar-refractivity contribution in [2.75, 3.05) is 19.3 Å². The molecule has 19 heavy (non-hydrogen) atoms. The van der Waals surface area contributed by atoms with E-state index in [1.54, 1.807) is 19.4 Å². The molecule has 2 rings (SSSR count). The third-order valence-corrected chi connectivity index (χ3v) is 5.58. The topological polar surface area (TPSA) is 76.3 Å². The molecular weight excluding hydrogens is 262 g/mol. The number of rotatable bonds is 7. The zero-order valence-corrected chi connectivity index (χ0v) is 12.0. The van der Waals surface area contributed by atoms with Crippen molar-refractivity contribution in [2.24, 2.45) is 11.7 Å².